The molecular weight excluding hydrogens is 342 g/mol. The van der Waals surface area contributed by atoms with Gasteiger partial charge in [-0.3, -0.25) is 4.79 Å². The van der Waals surface area contributed by atoms with Crippen molar-refractivity contribution in [1.29, 1.82) is 0 Å². The maximum atomic E-state index is 13.3. The van der Waals surface area contributed by atoms with E-state index >= 15 is 0 Å². The highest BCUT2D eigenvalue weighted by Crippen LogP contribution is 2.27. The maximum absolute atomic E-state index is 13.3. The third-order valence-corrected chi connectivity index (χ3v) is 5.29. The molecule has 0 aliphatic carbocycles. The number of nitrogens with one attached hydrogen (secondary N) is 2. The van der Waals surface area contributed by atoms with E-state index in [1.807, 2.05) is 0 Å². The molecule has 0 radical (unpaired) electrons. The molecule has 9 heteroatoms. The molecule has 0 spiro atoms. The fraction of sp³-hybridized carbons (Fsp3) is 0.417. The van der Waals surface area contributed by atoms with Crippen LogP contribution in [0.5, 0.6) is 0 Å². The smallest absolute Gasteiger partial charge is 0.225 e. The van der Waals surface area contributed by atoms with Crippen LogP contribution in [0.4, 0.5) is 10.1 Å². The second-order valence-electron chi connectivity index (χ2n) is 4.77. The summed E-state index contributed by atoms with van der Waals surface area (Å²) >= 11 is 11.3. The minimum Gasteiger partial charge on any atom is -0.326 e. The lowest BCUT2D eigenvalue weighted by Crippen LogP contribution is -2.46. The van der Waals surface area contributed by atoms with Crippen molar-refractivity contribution in [2.75, 3.05) is 23.4 Å². The highest BCUT2D eigenvalue weighted by molar-refractivity contribution is 7.91. The van der Waals surface area contributed by atoms with Gasteiger partial charge in [0.2, 0.25) is 5.91 Å². The van der Waals surface area contributed by atoms with Crippen LogP contribution >= 0.6 is 23.2 Å². The SMILES string of the molecule is O=C(CC1CS(=O)(=O)CCN1)Nc1cc(Cl)c(F)c(Cl)c1. The zero-order valence-corrected chi connectivity index (χ0v) is 13.2. The largest absolute Gasteiger partial charge is 0.326 e. The van der Waals surface area contributed by atoms with E-state index < -0.39 is 27.6 Å². The number of hydrogen-bond acceptors (Lipinski definition) is 4. The van der Waals surface area contributed by atoms with Crippen molar-refractivity contribution in [3.8, 4) is 0 Å². The molecule has 116 valence electrons. The lowest BCUT2D eigenvalue weighted by atomic mass is 10.2. The van der Waals surface area contributed by atoms with Gasteiger partial charge in [-0.05, 0) is 12.1 Å². The number of amides is 1. The standard InChI is InChI=1S/C12H13Cl2FN2O3S/c13-9-3-7(4-10(14)12(9)15)17-11(18)5-8-6-21(19,20)2-1-16-8/h3-4,8,16H,1-2,5-6H2,(H,17,18). The molecule has 0 aromatic heterocycles. The van der Waals surface area contributed by atoms with Gasteiger partial charge >= 0.3 is 0 Å². The molecular formula is C12H13Cl2FN2O3S. The second-order valence-corrected chi connectivity index (χ2v) is 7.81. The summed E-state index contributed by atoms with van der Waals surface area (Å²) in [6.07, 6.45) is -0.00809. The Labute approximate surface area is 131 Å². The van der Waals surface area contributed by atoms with Crippen molar-refractivity contribution in [2.24, 2.45) is 0 Å². The molecule has 1 heterocycles. The van der Waals surface area contributed by atoms with Gasteiger partial charge in [0.05, 0.1) is 21.6 Å². The number of carbonyl (C=O) groups excluding carboxylic acids is 1. The molecule has 1 aliphatic rings. The van der Waals surface area contributed by atoms with E-state index in [0.717, 1.165) is 0 Å². The van der Waals surface area contributed by atoms with E-state index in [9.17, 15) is 17.6 Å². The van der Waals surface area contributed by atoms with Gasteiger partial charge in [-0.25, -0.2) is 12.8 Å². The molecule has 0 bridgehead atoms. The number of rotatable bonds is 3. The Bertz CT molecular complexity index is 643. The van der Waals surface area contributed by atoms with Crippen LogP contribution in [0, 0.1) is 5.82 Å². The van der Waals surface area contributed by atoms with Gasteiger partial charge in [0.1, 0.15) is 0 Å². The summed E-state index contributed by atoms with van der Waals surface area (Å²) in [7, 11) is -3.10. The number of halogens is 3. The van der Waals surface area contributed by atoms with E-state index in [1.165, 1.54) is 12.1 Å². The topological polar surface area (TPSA) is 75.3 Å². The highest BCUT2D eigenvalue weighted by atomic mass is 35.5. The summed E-state index contributed by atoms with van der Waals surface area (Å²) in [5.74, 6) is -1.15. The van der Waals surface area contributed by atoms with E-state index in [1.54, 1.807) is 0 Å². The monoisotopic (exact) mass is 354 g/mol. The number of carbonyl (C=O) groups is 1. The van der Waals surface area contributed by atoms with Crippen molar-refractivity contribution in [3.63, 3.8) is 0 Å². The van der Waals surface area contributed by atoms with Crippen molar-refractivity contribution in [3.05, 3.63) is 28.0 Å². The minimum atomic E-state index is -3.10. The van der Waals surface area contributed by atoms with Gasteiger partial charge in [-0.1, -0.05) is 23.2 Å². The average molecular weight is 355 g/mol. The second kappa shape index (κ2) is 6.48. The molecule has 1 unspecified atom stereocenters. The quantitative estimate of drug-likeness (QED) is 0.812. The first kappa shape index (κ1) is 16.5. The Kier molecular flexibility index (Phi) is 5.08. The first-order valence-electron chi connectivity index (χ1n) is 6.15. The zero-order chi connectivity index (χ0) is 15.6. The first-order chi connectivity index (χ1) is 9.77. The van der Waals surface area contributed by atoms with Crippen molar-refractivity contribution in [2.45, 2.75) is 12.5 Å². The Morgan fingerprint density at radius 3 is 2.57 bits per heavy atom. The molecule has 21 heavy (non-hydrogen) atoms. The summed E-state index contributed by atoms with van der Waals surface area (Å²) in [4.78, 5) is 11.9. The summed E-state index contributed by atoms with van der Waals surface area (Å²) in [5.41, 5.74) is 0.259. The molecule has 2 rings (SSSR count). The molecule has 1 aromatic carbocycles. The number of hydrogen-bond donors (Lipinski definition) is 2. The van der Waals surface area contributed by atoms with Crippen LogP contribution in [0.3, 0.4) is 0 Å². The molecule has 0 saturated carbocycles. The Morgan fingerprint density at radius 1 is 1.38 bits per heavy atom. The van der Waals surface area contributed by atoms with Crippen molar-refractivity contribution >= 4 is 44.6 Å². The summed E-state index contributed by atoms with van der Waals surface area (Å²) in [6.45, 7) is 0.328. The van der Waals surface area contributed by atoms with Crippen LogP contribution in [0.25, 0.3) is 0 Å². The molecule has 5 nitrogen and oxygen atoms in total. The van der Waals surface area contributed by atoms with E-state index in [4.69, 9.17) is 23.2 Å². The van der Waals surface area contributed by atoms with Crippen LogP contribution < -0.4 is 10.6 Å². The van der Waals surface area contributed by atoms with E-state index in [-0.39, 0.29) is 33.7 Å². The highest BCUT2D eigenvalue weighted by Gasteiger charge is 2.26. The maximum Gasteiger partial charge on any atom is 0.225 e. The van der Waals surface area contributed by atoms with Gasteiger partial charge in [-0.2, -0.15) is 0 Å². The van der Waals surface area contributed by atoms with Gasteiger partial charge in [0, 0.05) is 24.7 Å². The molecule has 1 fully saturated rings. The Balaban J connectivity index is 1.99. The van der Waals surface area contributed by atoms with E-state index in [2.05, 4.69) is 10.6 Å². The summed E-state index contributed by atoms with van der Waals surface area (Å²) in [6, 6.07) is 2.05. The Morgan fingerprint density at radius 2 is 2.00 bits per heavy atom. The lowest BCUT2D eigenvalue weighted by Gasteiger charge is -2.23. The number of benzene rings is 1. The Hall–Kier alpha value is -0.890. The fourth-order valence-corrected chi connectivity index (χ4v) is 3.99. The van der Waals surface area contributed by atoms with Crippen LogP contribution in [0.1, 0.15) is 6.42 Å². The molecule has 1 atom stereocenters. The van der Waals surface area contributed by atoms with Crippen LogP contribution in [-0.2, 0) is 14.6 Å². The van der Waals surface area contributed by atoms with E-state index in [0.29, 0.717) is 6.54 Å². The van der Waals surface area contributed by atoms with Crippen LogP contribution in [-0.4, -0.2) is 38.4 Å². The van der Waals surface area contributed by atoms with Crippen LogP contribution in [0.2, 0.25) is 10.0 Å². The molecule has 1 aliphatic heterocycles. The number of anilines is 1. The van der Waals surface area contributed by atoms with Gasteiger partial charge < -0.3 is 10.6 Å². The third kappa shape index (κ3) is 4.54. The van der Waals surface area contributed by atoms with Crippen LogP contribution in [0.15, 0.2) is 12.1 Å². The lowest BCUT2D eigenvalue weighted by molar-refractivity contribution is -0.116. The molecule has 1 aromatic rings. The minimum absolute atomic E-state index is 0.00809. The fourth-order valence-electron chi connectivity index (χ4n) is 2.06. The van der Waals surface area contributed by atoms with Crippen molar-refractivity contribution in [1.82, 2.24) is 5.32 Å². The molecule has 2 N–H and O–H groups in total. The van der Waals surface area contributed by atoms with Gasteiger partial charge in [0.25, 0.3) is 0 Å². The third-order valence-electron chi connectivity index (χ3n) is 3.00. The summed E-state index contributed by atoms with van der Waals surface area (Å²) in [5, 5.41) is 5.09. The predicted molar refractivity (Wildman–Crippen MR) is 80.1 cm³/mol. The number of sulfone groups is 1. The molecule has 1 amide bonds. The van der Waals surface area contributed by atoms with Gasteiger partial charge in [0.15, 0.2) is 15.7 Å². The predicted octanol–water partition coefficient (Wildman–Crippen LogP) is 1.85. The zero-order valence-electron chi connectivity index (χ0n) is 10.8. The summed E-state index contributed by atoms with van der Waals surface area (Å²) < 4.78 is 36.2. The normalized spacial score (nSPS) is 21.0. The van der Waals surface area contributed by atoms with Crippen molar-refractivity contribution < 1.29 is 17.6 Å². The molecule has 1 saturated heterocycles. The average Bonchev–Trinajstić information content (AvgIpc) is 2.34. The van der Waals surface area contributed by atoms with Gasteiger partial charge in [-0.15, -0.1) is 0 Å². The first-order valence-corrected chi connectivity index (χ1v) is 8.73.